The van der Waals surface area contributed by atoms with Crippen LogP contribution in [-0.2, 0) is 14.3 Å². The van der Waals surface area contributed by atoms with Gasteiger partial charge < -0.3 is 9.47 Å². The van der Waals surface area contributed by atoms with E-state index in [1.165, 1.54) is 6.92 Å². The van der Waals surface area contributed by atoms with Gasteiger partial charge in [0.25, 0.3) is 0 Å². The van der Waals surface area contributed by atoms with Gasteiger partial charge in [0, 0.05) is 18.5 Å². The van der Waals surface area contributed by atoms with Crippen molar-refractivity contribution in [2.45, 2.75) is 58.0 Å². The molecule has 4 nitrogen and oxygen atoms in total. The van der Waals surface area contributed by atoms with Gasteiger partial charge in [0.05, 0.1) is 15.2 Å². The molecule has 0 bridgehead atoms. The molecule has 1 aromatic rings. The van der Waals surface area contributed by atoms with Gasteiger partial charge in [0.2, 0.25) is 0 Å². The van der Waals surface area contributed by atoms with E-state index in [4.69, 9.17) is 9.47 Å². The van der Waals surface area contributed by atoms with Gasteiger partial charge in [0.1, 0.15) is 5.75 Å². The summed E-state index contributed by atoms with van der Waals surface area (Å²) in [5.74, 6) is 0.221. The standard InChI is InChI=1S/C18H28O4Si/c1-13(19)22-17(14-8-10-15(21-5)11-9-14)16(20)12-23(6,7)18(2,3)4/h8-11,17H,12H2,1-7H3. The average molecular weight is 337 g/mol. The molecule has 1 aromatic carbocycles. The van der Waals surface area contributed by atoms with E-state index in [2.05, 4.69) is 33.9 Å². The van der Waals surface area contributed by atoms with Gasteiger partial charge in [-0.1, -0.05) is 46.0 Å². The Balaban J connectivity index is 3.05. The minimum Gasteiger partial charge on any atom is -0.497 e. The molecule has 0 saturated heterocycles. The van der Waals surface area contributed by atoms with Crippen LogP contribution in [0.4, 0.5) is 0 Å². The predicted octanol–water partition coefficient (Wildman–Crippen LogP) is 4.38. The average Bonchev–Trinajstić information content (AvgIpc) is 2.43. The highest BCUT2D eigenvalue weighted by molar-refractivity contribution is 6.82. The number of esters is 1. The molecule has 1 unspecified atom stereocenters. The van der Waals surface area contributed by atoms with Crippen LogP contribution >= 0.6 is 0 Å². The molecule has 1 rings (SSSR count). The van der Waals surface area contributed by atoms with E-state index < -0.39 is 20.1 Å². The van der Waals surface area contributed by atoms with Crippen molar-refractivity contribution >= 4 is 19.8 Å². The molecule has 1 atom stereocenters. The Labute approximate surface area is 140 Å². The molecule has 0 amide bonds. The van der Waals surface area contributed by atoms with Crippen molar-refractivity contribution in [2.24, 2.45) is 0 Å². The van der Waals surface area contributed by atoms with Crippen molar-refractivity contribution in [3.05, 3.63) is 29.8 Å². The van der Waals surface area contributed by atoms with Crippen LogP contribution < -0.4 is 4.74 Å². The second kappa shape index (κ2) is 7.30. The van der Waals surface area contributed by atoms with Crippen molar-refractivity contribution < 1.29 is 19.1 Å². The van der Waals surface area contributed by atoms with Crippen LogP contribution in [0.1, 0.15) is 39.4 Å². The Bertz CT molecular complexity index is 555. The molecule has 0 aliphatic carbocycles. The maximum Gasteiger partial charge on any atom is 0.303 e. The van der Waals surface area contributed by atoms with Crippen molar-refractivity contribution in [1.82, 2.24) is 0 Å². The zero-order chi connectivity index (χ0) is 17.8. The topological polar surface area (TPSA) is 52.6 Å². The number of carbonyl (C=O) groups excluding carboxylic acids is 2. The quantitative estimate of drug-likeness (QED) is 0.571. The van der Waals surface area contributed by atoms with Crippen LogP contribution in [0, 0.1) is 0 Å². The van der Waals surface area contributed by atoms with Gasteiger partial charge in [-0.2, -0.15) is 0 Å². The van der Waals surface area contributed by atoms with E-state index in [1.54, 1.807) is 31.4 Å². The number of hydrogen-bond donors (Lipinski definition) is 0. The lowest BCUT2D eigenvalue weighted by atomic mass is 10.1. The third-order valence-corrected chi connectivity index (χ3v) is 9.93. The lowest BCUT2D eigenvalue weighted by molar-refractivity contribution is -0.152. The smallest absolute Gasteiger partial charge is 0.303 e. The van der Waals surface area contributed by atoms with Crippen molar-refractivity contribution in [2.75, 3.05) is 7.11 Å². The Hall–Kier alpha value is -1.62. The molecule has 0 saturated carbocycles. The van der Waals surface area contributed by atoms with Gasteiger partial charge in [-0.3, -0.25) is 9.59 Å². The van der Waals surface area contributed by atoms with Crippen molar-refractivity contribution in [3.63, 3.8) is 0 Å². The van der Waals surface area contributed by atoms with Crippen LogP contribution in [0.3, 0.4) is 0 Å². The Morgan fingerprint density at radius 1 is 1.13 bits per heavy atom. The summed E-state index contributed by atoms with van der Waals surface area (Å²) in [5, 5.41) is 0.101. The van der Waals surface area contributed by atoms with Gasteiger partial charge >= 0.3 is 5.97 Å². The zero-order valence-corrected chi connectivity index (χ0v) is 16.2. The first kappa shape index (κ1) is 19.4. The molecule has 23 heavy (non-hydrogen) atoms. The van der Waals surface area contributed by atoms with Gasteiger partial charge in [-0.05, 0) is 17.2 Å². The van der Waals surface area contributed by atoms with E-state index in [0.29, 0.717) is 17.4 Å². The van der Waals surface area contributed by atoms with E-state index in [0.717, 1.165) is 0 Å². The maximum absolute atomic E-state index is 12.8. The lowest BCUT2D eigenvalue weighted by Crippen LogP contribution is -2.40. The number of Topliss-reactive ketones (excluding diaryl/α,β-unsaturated/α-hetero) is 1. The second-order valence-corrected chi connectivity index (χ2v) is 13.2. The van der Waals surface area contributed by atoms with Crippen LogP contribution in [-0.4, -0.2) is 26.9 Å². The fraction of sp³-hybridized carbons (Fsp3) is 0.556. The summed E-state index contributed by atoms with van der Waals surface area (Å²) in [6, 6.07) is 7.56. The number of benzene rings is 1. The minimum absolute atomic E-state index is 0.0306. The molecule has 5 heteroatoms. The van der Waals surface area contributed by atoms with Gasteiger partial charge in [0.15, 0.2) is 11.9 Å². The third kappa shape index (κ3) is 5.20. The number of methoxy groups -OCH3 is 1. The Kier molecular flexibility index (Phi) is 6.16. The van der Waals surface area contributed by atoms with E-state index >= 15 is 0 Å². The van der Waals surface area contributed by atoms with Gasteiger partial charge in [-0.15, -0.1) is 0 Å². The summed E-state index contributed by atoms with van der Waals surface area (Å²) in [5.41, 5.74) is 0.685. The third-order valence-electron chi connectivity index (χ3n) is 4.64. The largest absolute Gasteiger partial charge is 0.497 e. The highest BCUT2D eigenvalue weighted by atomic mass is 28.3. The van der Waals surface area contributed by atoms with E-state index in [1.807, 2.05) is 0 Å². The first-order valence-corrected chi connectivity index (χ1v) is 11.0. The molecular weight excluding hydrogens is 308 g/mol. The summed E-state index contributed by atoms with van der Waals surface area (Å²) < 4.78 is 10.5. The maximum atomic E-state index is 12.8. The Morgan fingerprint density at radius 2 is 1.65 bits per heavy atom. The lowest BCUT2D eigenvalue weighted by Gasteiger charge is -2.37. The molecule has 0 radical (unpaired) electrons. The van der Waals surface area contributed by atoms with Crippen LogP contribution in [0.5, 0.6) is 5.75 Å². The summed E-state index contributed by atoms with van der Waals surface area (Å²) in [7, 11) is -0.214. The minimum atomic E-state index is -1.80. The van der Waals surface area contributed by atoms with Crippen LogP contribution in [0.2, 0.25) is 24.2 Å². The zero-order valence-electron chi connectivity index (χ0n) is 15.2. The normalized spacial score (nSPS) is 13.3. The number of rotatable bonds is 6. The van der Waals surface area contributed by atoms with Crippen LogP contribution in [0.25, 0.3) is 0 Å². The molecule has 0 heterocycles. The monoisotopic (exact) mass is 336 g/mol. The fourth-order valence-corrected chi connectivity index (χ4v) is 3.64. The number of hydrogen-bond acceptors (Lipinski definition) is 4. The number of ketones is 1. The molecule has 0 fully saturated rings. The van der Waals surface area contributed by atoms with E-state index in [-0.39, 0.29) is 10.8 Å². The summed E-state index contributed by atoms with van der Waals surface area (Å²) >= 11 is 0. The highest BCUT2D eigenvalue weighted by Gasteiger charge is 2.39. The molecule has 0 N–H and O–H groups in total. The first-order valence-electron chi connectivity index (χ1n) is 7.82. The molecule has 0 aliphatic rings. The highest BCUT2D eigenvalue weighted by Crippen LogP contribution is 2.40. The summed E-state index contributed by atoms with van der Waals surface area (Å²) in [6.45, 7) is 12.2. The molecular formula is C18H28O4Si. The van der Waals surface area contributed by atoms with Crippen molar-refractivity contribution in [3.8, 4) is 5.75 Å². The molecule has 128 valence electrons. The second-order valence-electron chi connectivity index (χ2n) is 7.54. The van der Waals surface area contributed by atoms with Crippen molar-refractivity contribution in [1.29, 1.82) is 0 Å². The molecule has 0 aliphatic heterocycles. The van der Waals surface area contributed by atoms with Crippen LogP contribution in [0.15, 0.2) is 24.3 Å². The number of carbonyl (C=O) groups is 2. The first-order chi connectivity index (χ1) is 10.5. The summed E-state index contributed by atoms with van der Waals surface area (Å²) in [6.07, 6.45) is -0.840. The Morgan fingerprint density at radius 3 is 2.04 bits per heavy atom. The SMILES string of the molecule is COc1ccc(C(OC(C)=O)C(=O)C[Si](C)(C)C(C)(C)C)cc1. The predicted molar refractivity (Wildman–Crippen MR) is 94.5 cm³/mol. The number of ether oxygens (including phenoxy) is 2. The fourth-order valence-electron chi connectivity index (χ4n) is 2.06. The van der Waals surface area contributed by atoms with E-state index in [9.17, 15) is 9.59 Å². The molecule has 0 aromatic heterocycles. The molecule has 0 spiro atoms. The van der Waals surface area contributed by atoms with Gasteiger partial charge in [-0.25, -0.2) is 0 Å². The summed E-state index contributed by atoms with van der Waals surface area (Å²) in [4.78, 5) is 24.3.